The summed E-state index contributed by atoms with van der Waals surface area (Å²) in [4.78, 5) is 0. The SMILES string of the molecule is Cl.Cl.[Cu].[O]=[Zr]. The molecule has 0 unspecified atom stereocenters. The van der Waals surface area contributed by atoms with Gasteiger partial charge >= 0.3 is 27.5 Å². The zero-order valence-electron chi connectivity index (χ0n) is 2.03. The summed E-state index contributed by atoms with van der Waals surface area (Å²) < 4.78 is 8.34. The number of hydrogen-bond donors (Lipinski definition) is 0. The first-order chi connectivity index (χ1) is 1.00. The molecule has 0 amide bonds. The van der Waals surface area contributed by atoms with E-state index in [1.54, 1.807) is 0 Å². The third kappa shape index (κ3) is 26.0. The Morgan fingerprint density at radius 3 is 1.00 bits per heavy atom. The summed E-state index contributed by atoms with van der Waals surface area (Å²) in [7, 11) is 0. The van der Waals surface area contributed by atoms with Crippen molar-refractivity contribution in [3.05, 3.63) is 0 Å². The molecule has 0 aliphatic carbocycles. The van der Waals surface area contributed by atoms with Crippen molar-refractivity contribution in [2.75, 3.05) is 0 Å². The zero-order chi connectivity index (χ0) is 2.00. The summed E-state index contributed by atoms with van der Waals surface area (Å²) >= 11 is 0.300. The molecule has 0 rings (SSSR count). The first-order valence-corrected chi connectivity index (χ1v) is 1.21. The quantitative estimate of drug-likeness (QED) is 0.573. The van der Waals surface area contributed by atoms with E-state index in [4.69, 9.17) is 2.81 Å². The van der Waals surface area contributed by atoms with Crippen LogP contribution in [-0.2, 0) is 44.6 Å². The van der Waals surface area contributed by atoms with E-state index in [-0.39, 0.29) is 41.9 Å². The fourth-order valence-corrected chi connectivity index (χ4v) is 0. The maximum atomic E-state index is 8.34. The van der Waals surface area contributed by atoms with E-state index in [1.165, 1.54) is 0 Å². The molecule has 0 bridgehead atoms. The Kier molecular flexibility index (Phi) is 244. The predicted octanol–water partition coefficient (Wildman–Crippen LogP) is 0.720. The van der Waals surface area contributed by atoms with Crippen LogP contribution in [0.2, 0.25) is 0 Å². The first-order valence-electron chi connectivity index (χ1n) is 0.204. The van der Waals surface area contributed by atoms with Crippen LogP contribution >= 0.6 is 24.8 Å². The van der Waals surface area contributed by atoms with Crippen LogP contribution < -0.4 is 0 Å². The van der Waals surface area contributed by atoms with E-state index in [9.17, 15) is 0 Å². The Labute approximate surface area is 68.9 Å². The monoisotopic (exact) mass is 241 g/mol. The second-order valence-electron chi connectivity index (χ2n) is 0. The number of hydrogen-bond acceptors (Lipinski definition) is 1. The van der Waals surface area contributed by atoms with E-state index in [0.29, 0.717) is 24.7 Å². The molecular weight excluding hydrogens is 242 g/mol. The molecule has 0 saturated heterocycles. The summed E-state index contributed by atoms with van der Waals surface area (Å²) in [5.41, 5.74) is 0. The van der Waals surface area contributed by atoms with E-state index >= 15 is 0 Å². The van der Waals surface area contributed by atoms with Gasteiger partial charge in [0.1, 0.15) is 0 Å². The molecule has 0 aromatic carbocycles. The molecule has 0 aromatic rings. The molecule has 1 radical (unpaired) electrons. The van der Waals surface area contributed by atoms with Crippen LogP contribution in [0.15, 0.2) is 0 Å². The van der Waals surface area contributed by atoms with Gasteiger partial charge in [0.2, 0.25) is 0 Å². The standard InChI is InChI=1S/2ClH.Cu.O.Zr/h2*1H;;;. The van der Waals surface area contributed by atoms with Crippen molar-refractivity contribution in [2.45, 2.75) is 0 Å². The van der Waals surface area contributed by atoms with Crippen molar-refractivity contribution in [1.82, 2.24) is 0 Å². The third-order valence-corrected chi connectivity index (χ3v) is 0. The summed E-state index contributed by atoms with van der Waals surface area (Å²) in [5, 5.41) is 0. The molecule has 0 heterocycles. The fraction of sp³-hybridized carbons (Fsp3) is 0. The molecule has 0 aliphatic rings. The minimum atomic E-state index is 0. The topological polar surface area (TPSA) is 17.1 Å². The molecule has 0 aromatic heterocycles. The van der Waals surface area contributed by atoms with Gasteiger partial charge in [0.05, 0.1) is 0 Å². The van der Waals surface area contributed by atoms with Crippen LogP contribution in [0.3, 0.4) is 0 Å². The maximum absolute atomic E-state index is 8.34. The van der Waals surface area contributed by atoms with Gasteiger partial charge in [-0.1, -0.05) is 0 Å². The second kappa shape index (κ2) is 41.6. The fourth-order valence-electron chi connectivity index (χ4n) is 0. The van der Waals surface area contributed by atoms with Crippen molar-refractivity contribution < 1.29 is 44.6 Å². The van der Waals surface area contributed by atoms with Crippen molar-refractivity contribution in [3.8, 4) is 0 Å². The summed E-state index contributed by atoms with van der Waals surface area (Å²) in [5.74, 6) is 0. The Bertz CT molecular complexity index is 9.61. The van der Waals surface area contributed by atoms with Crippen LogP contribution in [0.4, 0.5) is 0 Å². The third-order valence-electron chi connectivity index (χ3n) is 0. The molecule has 37 valence electrons. The molecule has 0 fully saturated rings. The molecule has 5 heavy (non-hydrogen) atoms. The van der Waals surface area contributed by atoms with Gasteiger partial charge in [-0.25, -0.2) is 0 Å². The Morgan fingerprint density at radius 1 is 1.00 bits per heavy atom. The van der Waals surface area contributed by atoms with Crippen molar-refractivity contribution >= 4 is 24.8 Å². The van der Waals surface area contributed by atoms with Crippen molar-refractivity contribution in [1.29, 1.82) is 0 Å². The minimum absolute atomic E-state index is 0. The summed E-state index contributed by atoms with van der Waals surface area (Å²) in [6.45, 7) is 0. The van der Waals surface area contributed by atoms with Crippen LogP contribution in [0.1, 0.15) is 0 Å². The van der Waals surface area contributed by atoms with E-state index in [0.717, 1.165) is 0 Å². The molecule has 0 spiro atoms. The predicted molar refractivity (Wildman–Crippen MR) is 15.2 cm³/mol. The van der Waals surface area contributed by atoms with E-state index in [1.807, 2.05) is 0 Å². The van der Waals surface area contributed by atoms with Gasteiger partial charge in [0.15, 0.2) is 0 Å². The average Bonchev–Trinajstić information content (AvgIpc) is 1.00. The van der Waals surface area contributed by atoms with Crippen LogP contribution in [0.25, 0.3) is 0 Å². The van der Waals surface area contributed by atoms with Crippen molar-refractivity contribution in [3.63, 3.8) is 0 Å². The van der Waals surface area contributed by atoms with Crippen molar-refractivity contribution in [2.24, 2.45) is 0 Å². The molecular formula is H2Cl2CuOZr. The molecule has 0 saturated carbocycles. The Morgan fingerprint density at radius 2 is 1.00 bits per heavy atom. The Hall–Kier alpha value is 1.78. The van der Waals surface area contributed by atoms with Crippen LogP contribution in [0.5, 0.6) is 0 Å². The van der Waals surface area contributed by atoms with Crippen LogP contribution in [-0.4, -0.2) is 0 Å². The van der Waals surface area contributed by atoms with Gasteiger partial charge in [-0.15, -0.1) is 24.8 Å². The summed E-state index contributed by atoms with van der Waals surface area (Å²) in [6, 6.07) is 0. The molecule has 0 aliphatic heterocycles. The normalized spacial score (nSPS) is 0.600. The molecule has 5 heteroatoms. The van der Waals surface area contributed by atoms with Gasteiger partial charge in [-0.2, -0.15) is 0 Å². The molecule has 0 N–H and O–H groups in total. The van der Waals surface area contributed by atoms with E-state index in [2.05, 4.69) is 0 Å². The van der Waals surface area contributed by atoms with Gasteiger partial charge in [-0.3, -0.25) is 0 Å². The van der Waals surface area contributed by atoms with Gasteiger partial charge in [-0.05, 0) is 0 Å². The Balaban J connectivity index is -0.00000000167. The van der Waals surface area contributed by atoms with Gasteiger partial charge < -0.3 is 0 Å². The number of halogens is 2. The van der Waals surface area contributed by atoms with E-state index < -0.39 is 0 Å². The zero-order valence-corrected chi connectivity index (χ0v) is 7.06. The second-order valence-corrected chi connectivity index (χ2v) is 0. The van der Waals surface area contributed by atoms with Gasteiger partial charge in [0, 0.05) is 17.1 Å². The summed E-state index contributed by atoms with van der Waals surface area (Å²) in [6.07, 6.45) is 0. The molecule has 1 nitrogen and oxygen atoms in total. The molecule has 0 atom stereocenters. The van der Waals surface area contributed by atoms with Gasteiger partial charge in [0.25, 0.3) is 0 Å². The first kappa shape index (κ1) is 29.3. The van der Waals surface area contributed by atoms with Crippen LogP contribution in [0, 0.1) is 0 Å². The average molecular weight is 244 g/mol. The number of rotatable bonds is 0.